The van der Waals surface area contributed by atoms with Crippen molar-refractivity contribution >= 4 is 0 Å². The fourth-order valence-electron chi connectivity index (χ4n) is 2.15. The largest absolute Gasteiger partial charge is 0.372 e. The molecular formula is C14H21NO. The van der Waals surface area contributed by atoms with Crippen molar-refractivity contribution in [3.8, 4) is 0 Å². The fraction of sp³-hybridized carbons (Fsp3) is 0.571. The van der Waals surface area contributed by atoms with Gasteiger partial charge >= 0.3 is 0 Å². The summed E-state index contributed by atoms with van der Waals surface area (Å²) < 4.78 is 5.90. The van der Waals surface area contributed by atoms with Crippen molar-refractivity contribution in [1.29, 1.82) is 0 Å². The Morgan fingerprint density at radius 1 is 1.31 bits per heavy atom. The van der Waals surface area contributed by atoms with E-state index in [1.54, 1.807) is 0 Å². The van der Waals surface area contributed by atoms with E-state index in [-0.39, 0.29) is 6.10 Å². The monoisotopic (exact) mass is 219 g/mol. The Labute approximate surface area is 98.0 Å². The van der Waals surface area contributed by atoms with Gasteiger partial charge in [-0.2, -0.15) is 0 Å². The maximum atomic E-state index is 5.90. The molecule has 1 saturated heterocycles. The normalized spacial score (nSPS) is 22.9. The van der Waals surface area contributed by atoms with Crippen molar-refractivity contribution in [3.63, 3.8) is 0 Å². The van der Waals surface area contributed by atoms with Gasteiger partial charge in [-0.05, 0) is 31.9 Å². The smallest absolute Gasteiger partial charge is 0.0797 e. The van der Waals surface area contributed by atoms with Gasteiger partial charge in [0, 0.05) is 6.04 Å². The standard InChI is InChI=1S/C14H21NO/c1-12(13-7-3-2-4-8-13)16-11-14-9-5-6-10-15-14/h2-4,7-8,12,14-15H,5-6,9-11H2,1H3. The van der Waals surface area contributed by atoms with Crippen molar-refractivity contribution in [2.24, 2.45) is 0 Å². The second-order valence-electron chi connectivity index (χ2n) is 4.53. The van der Waals surface area contributed by atoms with Gasteiger partial charge in [-0.1, -0.05) is 36.8 Å². The Morgan fingerprint density at radius 2 is 2.12 bits per heavy atom. The molecule has 2 heteroatoms. The van der Waals surface area contributed by atoms with Crippen LogP contribution in [0.4, 0.5) is 0 Å². The summed E-state index contributed by atoms with van der Waals surface area (Å²) in [5.41, 5.74) is 1.26. The van der Waals surface area contributed by atoms with Crippen LogP contribution < -0.4 is 5.32 Å². The van der Waals surface area contributed by atoms with Gasteiger partial charge in [0.05, 0.1) is 12.7 Å². The summed E-state index contributed by atoms with van der Waals surface area (Å²) in [6, 6.07) is 11.0. The van der Waals surface area contributed by atoms with Gasteiger partial charge in [-0.15, -0.1) is 0 Å². The molecule has 88 valence electrons. The van der Waals surface area contributed by atoms with Crippen molar-refractivity contribution in [2.45, 2.75) is 38.3 Å². The molecule has 0 aromatic heterocycles. The summed E-state index contributed by atoms with van der Waals surface area (Å²) in [4.78, 5) is 0. The zero-order valence-electron chi connectivity index (χ0n) is 9.99. The molecule has 2 nitrogen and oxygen atoms in total. The highest BCUT2D eigenvalue weighted by atomic mass is 16.5. The van der Waals surface area contributed by atoms with E-state index in [0.717, 1.165) is 13.2 Å². The Kier molecular flexibility index (Phi) is 4.37. The van der Waals surface area contributed by atoms with Crippen LogP contribution in [0.15, 0.2) is 30.3 Å². The Morgan fingerprint density at radius 3 is 2.81 bits per heavy atom. The first-order valence-electron chi connectivity index (χ1n) is 6.26. The molecule has 1 N–H and O–H groups in total. The molecule has 0 aliphatic carbocycles. The number of piperidine rings is 1. The predicted octanol–water partition coefficient (Wildman–Crippen LogP) is 2.91. The zero-order valence-corrected chi connectivity index (χ0v) is 9.99. The Bertz CT molecular complexity index is 293. The molecule has 0 amide bonds. The van der Waals surface area contributed by atoms with Gasteiger partial charge in [-0.25, -0.2) is 0 Å². The number of benzene rings is 1. The molecule has 1 aromatic carbocycles. The van der Waals surface area contributed by atoms with E-state index in [0.29, 0.717) is 6.04 Å². The van der Waals surface area contributed by atoms with E-state index < -0.39 is 0 Å². The third kappa shape index (κ3) is 3.32. The Balaban J connectivity index is 1.77. The van der Waals surface area contributed by atoms with Gasteiger partial charge in [0.25, 0.3) is 0 Å². The van der Waals surface area contributed by atoms with Crippen LogP contribution in [0.2, 0.25) is 0 Å². The summed E-state index contributed by atoms with van der Waals surface area (Å²) in [5, 5.41) is 3.50. The summed E-state index contributed by atoms with van der Waals surface area (Å²) in [6.45, 7) is 4.10. The van der Waals surface area contributed by atoms with E-state index in [9.17, 15) is 0 Å². The molecule has 0 spiro atoms. The quantitative estimate of drug-likeness (QED) is 0.840. The van der Waals surface area contributed by atoms with Crippen LogP contribution in [0, 0.1) is 0 Å². The lowest BCUT2D eigenvalue weighted by Gasteiger charge is -2.25. The first-order valence-corrected chi connectivity index (χ1v) is 6.26. The maximum Gasteiger partial charge on any atom is 0.0797 e. The van der Waals surface area contributed by atoms with E-state index in [1.165, 1.54) is 24.8 Å². The molecule has 0 bridgehead atoms. The molecular weight excluding hydrogens is 198 g/mol. The van der Waals surface area contributed by atoms with Crippen LogP contribution in [-0.2, 0) is 4.74 Å². The highest BCUT2D eigenvalue weighted by molar-refractivity contribution is 5.16. The molecule has 2 unspecified atom stereocenters. The summed E-state index contributed by atoms with van der Waals surface area (Å²) in [7, 11) is 0. The lowest BCUT2D eigenvalue weighted by atomic mass is 10.1. The summed E-state index contributed by atoms with van der Waals surface area (Å²) >= 11 is 0. The average molecular weight is 219 g/mol. The second-order valence-corrected chi connectivity index (χ2v) is 4.53. The minimum absolute atomic E-state index is 0.199. The lowest BCUT2D eigenvalue weighted by Crippen LogP contribution is -2.37. The average Bonchev–Trinajstić information content (AvgIpc) is 2.38. The third-order valence-electron chi connectivity index (χ3n) is 3.23. The highest BCUT2D eigenvalue weighted by Gasteiger charge is 2.14. The molecule has 1 aliphatic heterocycles. The van der Waals surface area contributed by atoms with E-state index in [1.807, 2.05) is 6.07 Å². The molecule has 0 saturated carbocycles. The summed E-state index contributed by atoms with van der Waals surface area (Å²) in [6.07, 6.45) is 4.09. The van der Waals surface area contributed by atoms with E-state index in [2.05, 4.69) is 36.5 Å². The minimum Gasteiger partial charge on any atom is -0.372 e. The van der Waals surface area contributed by atoms with Crippen LogP contribution >= 0.6 is 0 Å². The Hall–Kier alpha value is -0.860. The lowest BCUT2D eigenvalue weighted by molar-refractivity contribution is 0.0441. The number of rotatable bonds is 4. The molecule has 1 aromatic rings. The molecule has 1 heterocycles. The van der Waals surface area contributed by atoms with Crippen LogP contribution in [0.3, 0.4) is 0 Å². The van der Waals surface area contributed by atoms with E-state index in [4.69, 9.17) is 4.74 Å². The molecule has 1 fully saturated rings. The van der Waals surface area contributed by atoms with Crippen LogP contribution in [0.25, 0.3) is 0 Å². The van der Waals surface area contributed by atoms with Gasteiger partial charge < -0.3 is 10.1 Å². The van der Waals surface area contributed by atoms with Gasteiger partial charge in [0.1, 0.15) is 0 Å². The number of nitrogens with one attached hydrogen (secondary N) is 1. The van der Waals surface area contributed by atoms with Crippen molar-refractivity contribution < 1.29 is 4.74 Å². The second kappa shape index (κ2) is 6.02. The maximum absolute atomic E-state index is 5.90. The number of hydrogen-bond donors (Lipinski definition) is 1. The fourth-order valence-corrected chi connectivity index (χ4v) is 2.15. The first kappa shape index (κ1) is 11.6. The number of hydrogen-bond acceptors (Lipinski definition) is 2. The van der Waals surface area contributed by atoms with Gasteiger partial charge in [0.15, 0.2) is 0 Å². The molecule has 16 heavy (non-hydrogen) atoms. The van der Waals surface area contributed by atoms with Crippen molar-refractivity contribution in [3.05, 3.63) is 35.9 Å². The molecule has 1 aliphatic rings. The predicted molar refractivity (Wildman–Crippen MR) is 66.5 cm³/mol. The topological polar surface area (TPSA) is 21.3 Å². The molecule has 2 rings (SSSR count). The van der Waals surface area contributed by atoms with Crippen LogP contribution in [0.1, 0.15) is 37.9 Å². The minimum atomic E-state index is 0.199. The third-order valence-corrected chi connectivity index (χ3v) is 3.23. The van der Waals surface area contributed by atoms with E-state index >= 15 is 0 Å². The molecule has 0 radical (unpaired) electrons. The highest BCUT2D eigenvalue weighted by Crippen LogP contribution is 2.17. The van der Waals surface area contributed by atoms with Gasteiger partial charge in [-0.3, -0.25) is 0 Å². The van der Waals surface area contributed by atoms with Crippen molar-refractivity contribution in [2.75, 3.05) is 13.2 Å². The zero-order chi connectivity index (χ0) is 11.2. The first-order chi connectivity index (χ1) is 7.86. The van der Waals surface area contributed by atoms with Gasteiger partial charge in [0.2, 0.25) is 0 Å². The SMILES string of the molecule is CC(OCC1CCCCN1)c1ccccc1. The molecule has 2 atom stereocenters. The van der Waals surface area contributed by atoms with Crippen LogP contribution in [-0.4, -0.2) is 19.2 Å². The summed E-state index contributed by atoms with van der Waals surface area (Å²) in [5.74, 6) is 0. The van der Waals surface area contributed by atoms with Crippen molar-refractivity contribution in [1.82, 2.24) is 5.32 Å². The van der Waals surface area contributed by atoms with Crippen LogP contribution in [0.5, 0.6) is 0 Å². The number of ether oxygens (including phenoxy) is 1.